The molecule has 1 aliphatic carbocycles. The molecule has 0 saturated carbocycles. The van der Waals surface area contributed by atoms with Crippen molar-refractivity contribution in [1.82, 2.24) is 4.98 Å². The van der Waals surface area contributed by atoms with Gasteiger partial charge in [-0.05, 0) is 36.4 Å². The fraction of sp³-hybridized carbons (Fsp3) is 0.583. The minimum absolute atomic E-state index is 0.785. The number of fused-ring (bicyclic) bond motifs is 1. The Morgan fingerprint density at radius 3 is 2.86 bits per heavy atom. The van der Waals surface area contributed by atoms with E-state index in [-0.39, 0.29) is 0 Å². The summed E-state index contributed by atoms with van der Waals surface area (Å²) in [6.07, 6.45) is 5.91. The predicted octanol–water partition coefficient (Wildman–Crippen LogP) is 3.38. The third-order valence-electron chi connectivity index (χ3n) is 3.24. The first-order valence-electron chi connectivity index (χ1n) is 5.53. The van der Waals surface area contributed by atoms with E-state index in [1.54, 1.807) is 0 Å². The first-order chi connectivity index (χ1) is 6.59. The van der Waals surface area contributed by atoms with E-state index in [1.165, 1.54) is 30.5 Å². The van der Waals surface area contributed by atoms with Gasteiger partial charge in [0.1, 0.15) is 0 Å². The third kappa shape index (κ3) is 1.76. The van der Waals surface area contributed by atoms with Crippen LogP contribution in [0.4, 0.5) is 0 Å². The molecule has 0 fully saturated rings. The standard InChI is InChI=1S/C12H19NSi/c1-14(2,3)11-8-4-6-10-7-5-9-13-12(10)11/h5,7,9,11H,4,6,8H2,1-3H3. The maximum absolute atomic E-state index is 4.60. The highest BCUT2D eigenvalue weighted by Gasteiger charge is 2.32. The molecule has 1 aromatic rings. The van der Waals surface area contributed by atoms with Gasteiger partial charge in [0.05, 0.1) is 8.07 Å². The van der Waals surface area contributed by atoms with Crippen molar-refractivity contribution in [2.24, 2.45) is 0 Å². The molecule has 2 heteroatoms. The lowest BCUT2D eigenvalue weighted by molar-refractivity contribution is 0.633. The Bertz CT molecular complexity index is 327. The summed E-state index contributed by atoms with van der Waals surface area (Å²) < 4.78 is 0. The fourth-order valence-electron chi connectivity index (χ4n) is 2.45. The van der Waals surface area contributed by atoms with Gasteiger partial charge in [0, 0.05) is 11.9 Å². The molecule has 1 unspecified atom stereocenters. The second-order valence-corrected chi connectivity index (χ2v) is 10.8. The van der Waals surface area contributed by atoms with Crippen LogP contribution in [0.1, 0.15) is 29.6 Å². The normalized spacial score (nSPS) is 21.8. The van der Waals surface area contributed by atoms with Crippen LogP contribution >= 0.6 is 0 Å². The summed E-state index contributed by atoms with van der Waals surface area (Å²) in [6.45, 7) is 7.38. The van der Waals surface area contributed by atoms with Gasteiger partial charge >= 0.3 is 0 Å². The number of rotatable bonds is 1. The highest BCUT2D eigenvalue weighted by molar-refractivity contribution is 6.77. The van der Waals surface area contributed by atoms with Crippen LogP contribution in [0.15, 0.2) is 18.3 Å². The SMILES string of the molecule is C[Si](C)(C)C1CCCc2cccnc21. The largest absolute Gasteiger partial charge is 0.261 e. The lowest BCUT2D eigenvalue weighted by Crippen LogP contribution is -2.34. The van der Waals surface area contributed by atoms with Crippen molar-refractivity contribution in [3.63, 3.8) is 0 Å². The Kier molecular flexibility index (Phi) is 2.48. The zero-order valence-corrected chi connectivity index (χ0v) is 10.4. The van der Waals surface area contributed by atoms with E-state index < -0.39 is 8.07 Å². The van der Waals surface area contributed by atoms with Crippen molar-refractivity contribution in [2.75, 3.05) is 0 Å². The van der Waals surface area contributed by atoms with E-state index in [1.807, 2.05) is 6.20 Å². The summed E-state index contributed by atoms with van der Waals surface area (Å²) >= 11 is 0. The van der Waals surface area contributed by atoms with Crippen molar-refractivity contribution < 1.29 is 0 Å². The molecule has 1 aromatic heterocycles. The fourth-order valence-corrected chi connectivity index (χ4v) is 4.60. The monoisotopic (exact) mass is 205 g/mol. The van der Waals surface area contributed by atoms with Gasteiger partial charge in [0.25, 0.3) is 0 Å². The summed E-state index contributed by atoms with van der Waals surface area (Å²) in [5.41, 5.74) is 3.71. The highest BCUT2D eigenvalue weighted by atomic mass is 28.3. The predicted molar refractivity (Wildman–Crippen MR) is 63.3 cm³/mol. The molecule has 14 heavy (non-hydrogen) atoms. The van der Waals surface area contributed by atoms with Gasteiger partial charge in [-0.2, -0.15) is 0 Å². The van der Waals surface area contributed by atoms with E-state index >= 15 is 0 Å². The van der Waals surface area contributed by atoms with Crippen LogP contribution in [0.3, 0.4) is 0 Å². The van der Waals surface area contributed by atoms with Crippen LogP contribution in [-0.4, -0.2) is 13.1 Å². The number of hydrogen-bond donors (Lipinski definition) is 0. The quantitative estimate of drug-likeness (QED) is 0.641. The van der Waals surface area contributed by atoms with E-state index in [0.717, 1.165) is 5.54 Å². The Balaban J connectivity index is 2.41. The first-order valence-corrected chi connectivity index (χ1v) is 9.10. The highest BCUT2D eigenvalue weighted by Crippen LogP contribution is 2.36. The molecule has 0 aromatic carbocycles. The summed E-state index contributed by atoms with van der Waals surface area (Å²) in [5, 5.41) is 0. The molecule has 0 saturated heterocycles. The molecule has 0 spiro atoms. The molecule has 0 radical (unpaired) electrons. The van der Waals surface area contributed by atoms with E-state index in [0.29, 0.717) is 0 Å². The Labute approximate surface area is 87.6 Å². The van der Waals surface area contributed by atoms with E-state index in [4.69, 9.17) is 0 Å². The van der Waals surface area contributed by atoms with Gasteiger partial charge in [0.2, 0.25) is 0 Å². The number of hydrogen-bond acceptors (Lipinski definition) is 1. The number of nitrogens with zero attached hydrogens (tertiary/aromatic N) is 1. The van der Waals surface area contributed by atoms with E-state index in [9.17, 15) is 0 Å². The average molecular weight is 205 g/mol. The van der Waals surface area contributed by atoms with Gasteiger partial charge < -0.3 is 0 Å². The molecule has 0 amide bonds. The van der Waals surface area contributed by atoms with Gasteiger partial charge in [-0.1, -0.05) is 25.7 Å². The Morgan fingerprint density at radius 1 is 1.36 bits per heavy atom. The lowest BCUT2D eigenvalue weighted by Gasteiger charge is -2.33. The summed E-state index contributed by atoms with van der Waals surface area (Å²) in [4.78, 5) is 4.60. The minimum Gasteiger partial charge on any atom is -0.261 e. The van der Waals surface area contributed by atoms with Crippen LogP contribution < -0.4 is 0 Å². The van der Waals surface area contributed by atoms with Gasteiger partial charge in [0.15, 0.2) is 0 Å². The first kappa shape index (κ1) is 9.90. The van der Waals surface area contributed by atoms with Crippen molar-refractivity contribution >= 4 is 8.07 Å². The zero-order chi connectivity index (χ0) is 10.2. The second-order valence-electron chi connectivity index (χ2n) is 5.36. The minimum atomic E-state index is -1.07. The van der Waals surface area contributed by atoms with Gasteiger partial charge in [-0.3, -0.25) is 4.98 Å². The number of aryl methyl sites for hydroxylation is 1. The molecule has 2 rings (SSSR count). The van der Waals surface area contributed by atoms with Crippen LogP contribution in [0.5, 0.6) is 0 Å². The molecule has 0 N–H and O–H groups in total. The molecule has 76 valence electrons. The average Bonchev–Trinajstić information content (AvgIpc) is 2.15. The smallest absolute Gasteiger partial charge is 0.0541 e. The summed E-state index contributed by atoms with van der Waals surface area (Å²) in [5.74, 6) is 0. The Morgan fingerprint density at radius 2 is 2.14 bits per heavy atom. The molecule has 1 atom stereocenters. The van der Waals surface area contributed by atoms with Crippen molar-refractivity contribution in [1.29, 1.82) is 0 Å². The van der Waals surface area contributed by atoms with Gasteiger partial charge in [-0.25, -0.2) is 0 Å². The molecule has 0 aliphatic heterocycles. The zero-order valence-electron chi connectivity index (χ0n) is 9.38. The van der Waals surface area contributed by atoms with E-state index in [2.05, 4.69) is 36.8 Å². The molecule has 0 bridgehead atoms. The lowest BCUT2D eigenvalue weighted by atomic mass is 9.96. The Hall–Kier alpha value is -0.633. The van der Waals surface area contributed by atoms with Crippen molar-refractivity contribution in [3.8, 4) is 0 Å². The van der Waals surface area contributed by atoms with Crippen LogP contribution in [0.2, 0.25) is 19.6 Å². The maximum Gasteiger partial charge on any atom is 0.0541 e. The number of aromatic nitrogens is 1. The van der Waals surface area contributed by atoms with Gasteiger partial charge in [-0.15, -0.1) is 0 Å². The topological polar surface area (TPSA) is 12.9 Å². The maximum atomic E-state index is 4.60. The van der Waals surface area contributed by atoms with Crippen molar-refractivity contribution in [2.45, 2.75) is 44.4 Å². The molecular formula is C12H19NSi. The molecule has 1 aliphatic rings. The number of pyridine rings is 1. The summed E-state index contributed by atoms with van der Waals surface area (Å²) in [6, 6.07) is 4.33. The van der Waals surface area contributed by atoms with Crippen LogP contribution in [0.25, 0.3) is 0 Å². The van der Waals surface area contributed by atoms with Crippen LogP contribution in [-0.2, 0) is 6.42 Å². The molecule has 1 nitrogen and oxygen atoms in total. The van der Waals surface area contributed by atoms with Crippen LogP contribution in [0, 0.1) is 0 Å². The second kappa shape index (κ2) is 3.50. The third-order valence-corrected chi connectivity index (χ3v) is 5.89. The summed E-state index contributed by atoms with van der Waals surface area (Å²) in [7, 11) is -1.07. The molecular weight excluding hydrogens is 186 g/mol. The van der Waals surface area contributed by atoms with Crippen molar-refractivity contribution in [3.05, 3.63) is 29.6 Å². The molecule has 1 heterocycles.